The molecule has 1 saturated carbocycles. The molecular formula is C17H20BrF3O3S. The van der Waals surface area contributed by atoms with Gasteiger partial charge < -0.3 is 12.6 Å². The first kappa shape index (κ1) is 20.6. The van der Waals surface area contributed by atoms with Crippen molar-refractivity contribution >= 4 is 20.6 Å². The van der Waals surface area contributed by atoms with Crippen molar-refractivity contribution in [3.63, 3.8) is 0 Å². The van der Waals surface area contributed by atoms with E-state index in [0.29, 0.717) is 9.58 Å². The zero-order chi connectivity index (χ0) is 18.6. The fourth-order valence-electron chi connectivity index (χ4n) is 3.41. The summed E-state index contributed by atoms with van der Waals surface area (Å²) in [5.74, 6) is 0.136. The van der Waals surface area contributed by atoms with Gasteiger partial charge in [0.25, 0.3) is 0 Å². The lowest BCUT2D eigenvalue weighted by Gasteiger charge is -2.05. The van der Waals surface area contributed by atoms with Crippen LogP contribution in [0.3, 0.4) is 0 Å². The fraction of sp³-hybridized carbons (Fsp3) is 0.529. The zero-order valence-corrected chi connectivity index (χ0v) is 16.2. The summed E-state index contributed by atoms with van der Waals surface area (Å²) in [6, 6.07) is 7.49. The third-order valence-electron chi connectivity index (χ3n) is 4.36. The molecule has 1 aromatic carbocycles. The molecule has 1 aliphatic carbocycles. The molecule has 2 aromatic rings. The minimum atomic E-state index is -4.15. The van der Waals surface area contributed by atoms with E-state index in [-0.39, 0.29) is 5.92 Å². The molecule has 1 unspecified atom stereocenters. The molecule has 0 saturated heterocycles. The standard InChI is InChI=1S/C17H20F3S.BrO3/c1-2-5-12-8-9-14-11-16(13-6-3-4-7-13)21(15(14)10-12)17(18,19)20;2-1(3)4/h8-11,13H,2-7H2,1H3;/q+1;-1. The smallest absolute Gasteiger partial charge is 0.405 e. The normalized spacial score (nSPS) is 16.4. The summed E-state index contributed by atoms with van der Waals surface area (Å²) < 4.78 is 67.0. The summed E-state index contributed by atoms with van der Waals surface area (Å²) in [6.07, 6.45) is 5.77. The lowest BCUT2D eigenvalue weighted by molar-refractivity contribution is -1.73. The number of hydrogen-bond donors (Lipinski definition) is 0. The van der Waals surface area contributed by atoms with Crippen LogP contribution in [-0.4, -0.2) is 0 Å². The maximum atomic E-state index is 13.6. The van der Waals surface area contributed by atoms with Crippen molar-refractivity contribution < 1.29 is 40.6 Å². The van der Waals surface area contributed by atoms with Crippen LogP contribution in [0.25, 0.3) is 10.1 Å². The minimum Gasteiger partial charge on any atom is -0.405 e. The molecule has 1 aromatic heterocycles. The molecular weight excluding hydrogens is 421 g/mol. The van der Waals surface area contributed by atoms with Gasteiger partial charge in [0, 0.05) is 23.4 Å². The highest BCUT2D eigenvalue weighted by Crippen LogP contribution is 2.55. The molecule has 3 nitrogen and oxygen atoms in total. The Morgan fingerprint density at radius 2 is 1.72 bits per heavy atom. The Balaban J connectivity index is 0.000000511. The Kier molecular flexibility index (Phi) is 7.28. The van der Waals surface area contributed by atoms with Crippen LogP contribution in [-0.2, 0) is 11.9 Å². The molecule has 0 bridgehead atoms. The van der Waals surface area contributed by atoms with E-state index in [4.69, 9.17) is 12.6 Å². The van der Waals surface area contributed by atoms with Crippen LogP contribution >= 0.6 is 10.5 Å². The van der Waals surface area contributed by atoms with Gasteiger partial charge in [-0.2, -0.15) is 0 Å². The Morgan fingerprint density at radius 1 is 1.12 bits per heavy atom. The second-order valence-corrected chi connectivity index (χ2v) is 8.87. The van der Waals surface area contributed by atoms with Crippen LogP contribution in [0.2, 0.25) is 0 Å². The lowest BCUT2D eigenvalue weighted by atomic mass is 10.1. The predicted molar refractivity (Wildman–Crippen MR) is 82.9 cm³/mol. The molecule has 0 aliphatic heterocycles. The third kappa shape index (κ3) is 5.40. The van der Waals surface area contributed by atoms with Crippen LogP contribution in [0.1, 0.15) is 55.4 Å². The van der Waals surface area contributed by atoms with Crippen LogP contribution in [0.15, 0.2) is 24.3 Å². The van der Waals surface area contributed by atoms with Crippen molar-refractivity contribution in [3.8, 4) is 0 Å². The Morgan fingerprint density at radius 3 is 2.24 bits per heavy atom. The molecule has 0 spiro atoms. The number of halogens is 4. The summed E-state index contributed by atoms with van der Waals surface area (Å²) >= 11 is -3.65. The first-order chi connectivity index (χ1) is 11.7. The van der Waals surface area contributed by atoms with E-state index in [0.717, 1.165) is 49.5 Å². The number of alkyl halides is 3. The molecule has 3 rings (SSSR count). The van der Waals surface area contributed by atoms with E-state index in [1.54, 1.807) is 6.07 Å². The second kappa shape index (κ2) is 8.81. The molecule has 0 radical (unpaired) electrons. The highest BCUT2D eigenvalue weighted by atomic mass is 80.0. The quantitative estimate of drug-likeness (QED) is 0.688. The van der Waals surface area contributed by atoms with Crippen molar-refractivity contribution in [1.82, 2.24) is 0 Å². The molecule has 25 heavy (non-hydrogen) atoms. The molecule has 0 N–H and O–H groups in total. The molecule has 1 fully saturated rings. The minimum absolute atomic E-state index is 0.136. The van der Waals surface area contributed by atoms with E-state index in [1.807, 2.05) is 18.2 Å². The third-order valence-corrected chi connectivity index (χ3v) is 6.54. The van der Waals surface area contributed by atoms with E-state index in [9.17, 15) is 13.2 Å². The van der Waals surface area contributed by atoms with Crippen molar-refractivity contribution in [1.29, 1.82) is 0 Å². The molecule has 0 amide bonds. The molecule has 8 heteroatoms. The van der Waals surface area contributed by atoms with Gasteiger partial charge in [-0.1, -0.05) is 32.3 Å². The summed E-state index contributed by atoms with van der Waals surface area (Å²) in [5.41, 5.74) is -3.12. The maximum Gasteiger partial charge on any atom is 0.600 e. The molecule has 1 heterocycles. The average Bonchev–Trinajstić information content (AvgIpc) is 3.12. The van der Waals surface area contributed by atoms with Gasteiger partial charge in [0.2, 0.25) is 14.8 Å². The van der Waals surface area contributed by atoms with Gasteiger partial charge in [0.05, 0.1) is 10.5 Å². The van der Waals surface area contributed by atoms with Crippen molar-refractivity contribution in [2.45, 2.75) is 56.9 Å². The number of fused-ring (bicyclic) bond motifs is 1. The summed E-state index contributed by atoms with van der Waals surface area (Å²) in [6.45, 7) is 2.05. The van der Waals surface area contributed by atoms with E-state index >= 15 is 0 Å². The Labute approximate surface area is 152 Å². The van der Waals surface area contributed by atoms with Gasteiger partial charge in [-0.3, -0.25) is 0 Å². The monoisotopic (exact) mass is 440 g/mol. The largest absolute Gasteiger partial charge is 0.600 e. The van der Waals surface area contributed by atoms with Gasteiger partial charge in [-0.05, 0) is 30.9 Å². The van der Waals surface area contributed by atoms with Crippen LogP contribution in [0.5, 0.6) is 0 Å². The Bertz CT molecular complexity index is 691. The van der Waals surface area contributed by atoms with Crippen LogP contribution in [0.4, 0.5) is 13.2 Å². The number of rotatable bonds is 3. The number of thiophene rings is 1. The Hall–Kier alpha value is -0.670. The summed E-state index contributed by atoms with van der Waals surface area (Å²) in [4.78, 5) is 0.642. The first-order valence-corrected chi connectivity index (χ1v) is 11.3. The van der Waals surface area contributed by atoms with Crippen LogP contribution in [0, 0.1) is 14.8 Å². The summed E-state index contributed by atoms with van der Waals surface area (Å²) in [5, 5.41) is 0.789. The van der Waals surface area contributed by atoms with Crippen molar-refractivity contribution in [2.75, 3.05) is 0 Å². The number of benzene rings is 1. The molecule has 1 aliphatic rings. The van der Waals surface area contributed by atoms with Gasteiger partial charge >= 0.3 is 5.51 Å². The van der Waals surface area contributed by atoms with E-state index < -0.39 is 30.8 Å². The predicted octanol–water partition coefficient (Wildman–Crippen LogP) is 3.11. The van der Waals surface area contributed by atoms with Crippen LogP contribution < -0.4 is 12.6 Å². The summed E-state index contributed by atoms with van der Waals surface area (Å²) in [7, 11) is -1.70. The molecule has 140 valence electrons. The van der Waals surface area contributed by atoms with Gasteiger partial charge in [0.1, 0.15) is 0 Å². The van der Waals surface area contributed by atoms with E-state index in [2.05, 4.69) is 6.92 Å². The lowest BCUT2D eigenvalue weighted by Crippen LogP contribution is -2.42. The number of hydrogen-bond acceptors (Lipinski definition) is 3. The highest BCUT2D eigenvalue weighted by Gasteiger charge is 2.49. The fourth-order valence-corrected chi connectivity index (χ4v) is 5.63. The maximum absolute atomic E-state index is 13.6. The molecule has 1 atom stereocenters. The van der Waals surface area contributed by atoms with Crippen molar-refractivity contribution in [3.05, 3.63) is 34.7 Å². The average molecular weight is 441 g/mol. The SMILES string of the molecule is CCCc1ccc2cc(C3CCCC3)[s+](C(F)(F)F)c2c1.[O-][Br+2]([O-])[O-]. The topological polar surface area (TPSA) is 69.2 Å². The van der Waals surface area contributed by atoms with E-state index in [1.165, 1.54) is 0 Å². The number of aryl methyl sites for hydroxylation is 1. The van der Waals surface area contributed by atoms with Gasteiger partial charge in [-0.15, -0.1) is 13.2 Å². The van der Waals surface area contributed by atoms with Gasteiger partial charge in [0.15, 0.2) is 9.58 Å². The zero-order valence-electron chi connectivity index (χ0n) is 13.8. The highest BCUT2D eigenvalue weighted by molar-refractivity contribution is 7.38. The first-order valence-electron chi connectivity index (χ1n) is 8.12. The second-order valence-electron chi connectivity index (χ2n) is 6.09. The van der Waals surface area contributed by atoms with Gasteiger partial charge in [-0.25, -0.2) is 0 Å². The van der Waals surface area contributed by atoms with Crippen molar-refractivity contribution in [2.24, 2.45) is 0 Å².